The Morgan fingerprint density at radius 2 is 1.62 bits per heavy atom. The summed E-state index contributed by atoms with van der Waals surface area (Å²) in [6, 6.07) is 14.0. The molecular weight excluding hydrogens is 371 g/mol. The summed E-state index contributed by atoms with van der Waals surface area (Å²) >= 11 is 0. The van der Waals surface area contributed by atoms with Crippen LogP contribution in [0.4, 0.5) is 4.39 Å². The molecule has 2 N–H and O–H groups in total. The molecular formula is C23H25FN2O3. The Bertz CT molecular complexity index is 992. The minimum atomic E-state index is -0.940. The predicted molar refractivity (Wildman–Crippen MR) is 110 cm³/mol. The first-order valence-corrected chi connectivity index (χ1v) is 9.40. The van der Waals surface area contributed by atoms with Crippen molar-refractivity contribution < 1.29 is 19.0 Å². The number of nitrogens with one attached hydrogen (secondary N) is 1. The Balaban J connectivity index is 1.79. The molecule has 0 atom stereocenters. The number of aromatic carboxylic acids is 1. The summed E-state index contributed by atoms with van der Waals surface area (Å²) in [5.74, 6) is -0.430. The van der Waals surface area contributed by atoms with E-state index in [0.29, 0.717) is 30.9 Å². The Kier molecular flexibility index (Phi) is 6.34. The number of ether oxygens (including phenoxy) is 1. The molecule has 0 saturated carbocycles. The van der Waals surface area contributed by atoms with E-state index in [1.807, 2.05) is 42.7 Å². The van der Waals surface area contributed by atoms with Crippen LogP contribution in [0.5, 0.6) is 5.75 Å². The lowest BCUT2D eigenvalue weighted by atomic mass is 10.1. The maximum Gasteiger partial charge on any atom is 0.337 e. The van der Waals surface area contributed by atoms with Crippen molar-refractivity contribution in [1.82, 2.24) is 9.88 Å². The number of hydrogen-bond acceptors (Lipinski definition) is 3. The van der Waals surface area contributed by atoms with Crippen molar-refractivity contribution in [2.45, 2.75) is 33.5 Å². The van der Waals surface area contributed by atoms with Crippen LogP contribution in [0.15, 0.2) is 48.5 Å². The molecule has 0 spiro atoms. The Morgan fingerprint density at radius 3 is 2.21 bits per heavy atom. The van der Waals surface area contributed by atoms with Gasteiger partial charge in [-0.15, -0.1) is 0 Å². The largest absolute Gasteiger partial charge is 0.497 e. The molecule has 3 aromatic rings. The zero-order valence-corrected chi connectivity index (χ0v) is 16.8. The minimum absolute atomic E-state index is 0.288. The summed E-state index contributed by atoms with van der Waals surface area (Å²) in [6.45, 7) is 5.29. The quantitative estimate of drug-likeness (QED) is 0.596. The first kappa shape index (κ1) is 20.6. The molecule has 0 saturated heterocycles. The Labute approximate surface area is 169 Å². The van der Waals surface area contributed by atoms with Crippen molar-refractivity contribution in [1.29, 1.82) is 0 Å². The lowest BCUT2D eigenvalue weighted by Gasteiger charge is -2.10. The molecule has 0 radical (unpaired) electrons. The molecule has 1 aromatic heterocycles. The van der Waals surface area contributed by atoms with Crippen LogP contribution in [-0.2, 0) is 19.6 Å². The minimum Gasteiger partial charge on any atom is -0.497 e. The SMILES string of the molecule is COc1ccc(CNCc2c(C(=O)O)c(C)n(Cc3ccc(F)cc3)c2C)cc1. The molecule has 3 rings (SSSR count). The fraction of sp³-hybridized carbons (Fsp3) is 0.261. The number of nitrogens with zero attached hydrogens (tertiary/aromatic N) is 1. The van der Waals surface area contributed by atoms with Crippen molar-refractivity contribution in [2.24, 2.45) is 0 Å². The fourth-order valence-electron chi connectivity index (χ4n) is 3.53. The molecule has 6 heteroatoms. The molecule has 0 aliphatic rings. The van der Waals surface area contributed by atoms with Gasteiger partial charge in [-0.1, -0.05) is 24.3 Å². The lowest BCUT2D eigenvalue weighted by Crippen LogP contribution is -2.15. The molecule has 0 unspecified atom stereocenters. The summed E-state index contributed by atoms with van der Waals surface area (Å²) in [6.07, 6.45) is 0. The highest BCUT2D eigenvalue weighted by Gasteiger charge is 2.22. The Hall–Kier alpha value is -3.12. The number of carboxylic acids is 1. The maximum absolute atomic E-state index is 13.2. The van der Waals surface area contributed by atoms with Gasteiger partial charge in [0.15, 0.2) is 0 Å². The van der Waals surface area contributed by atoms with E-state index in [2.05, 4.69) is 5.32 Å². The second-order valence-electron chi connectivity index (χ2n) is 6.99. The van der Waals surface area contributed by atoms with Crippen molar-refractivity contribution in [2.75, 3.05) is 7.11 Å². The van der Waals surface area contributed by atoms with Crippen LogP contribution < -0.4 is 10.1 Å². The van der Waals surface area contributed by atoms with Gasteiger partial charge in [-0.2, -0.15) is 0 Å². The van der Waals surface area contributed by atoms with Gasteiger partial charge in [0.25, 0.3) is 0 Å². The number of carboxylic acid groups (broad SMARTS) is 1. The van der Waals surface area contributed by atoms with Crippen LogP contribution in [0.2, 0.25) is 0 Å². The van der Waals surface area contributed by atoms with Gasteiger partial charge in [-0.05, 0) is 49.2 Å². The highest BCUT2D eigenvalue weighted by Crippen LogP contribution is 2.24. The average Bonchev–Trinajstić information content (AvgIpc) is 2.94. The van der Waals surface area contributed by atoms with Crippen molar-refractivity contribution >= 4 is 5.97 Å². The second kappa shape index (κ2) is 8.92. The van der Waals surface area contributed by atoms with Gasteiger partial charge in [0.05, 0.1) is 12.7 Å². The molecule has 152 valence electrons. The van der Waals surface area contributed by atoms with Gasteiger partial charge in [0, 0.05) is 36.6 Å². The van der Waals surface area contributed by atoms with Gasteiger partial charge in [-0.25, -0.2) is 9.18 Å². The molecule has 0 bridgehead atoms. The van der Waals surface area contributed by atoms with E-state index in [1.54, 1.807) is 19.2 Å². The molecule has 5 nitrogen and oxygen atoms in total. The number of carbonyl (C=O) groups is 1. The highest BCUT2D eigenvalue weighted by atomic mass is 19.1. The topological polar surface area (TPSA) is 63.5 Å². The van der Waals surface area contributed by atoms with Crippen LogP contribution in [0.1, 0.15) is 38.4 Å². The smallest absolute Gasteiger partial charge is 0.337 e. The van der Waals surface area contributed by atoms with Crippen LogP contribution in [0.25, 0.3) is 0 Å². The number of methoxy groups -OCH3 is 1. The van der Waals surface area contributed by atoms with Crippen LogP contribution in [0.3, 0.4) is 0 Å². The van der Waals surface area contributed by atoms with E-state index in [1.165, 1.54) is 12.1 Å². The van der Waals surface area contributed by atoms with Crippen molar-refractivity contribution in [3.05, 3.63) is 88.0 Å². The first-order valence-electron chi connectivity index (χ1n) is 9.40. The third-order valence-corrected chi connectivity index (χ3v) is 5.17. The average molecular weight is 396 g/mol. The fourth-order valence-corrected chi connectivity index (χ4v) is 3.53. The standard InChI is InChI=1S/C23H25FN2O3/c1-15-21(13-25-12-17-6-10-20(29-3)11-7-17)22(23(27)28)16(2)26(15)14-18-4-8-19(24)9-5-18/h4-11,25H,12-14H2,1-3H3,(H,27,28). The predicted octanol–water partition coefficient (Wildman–Crippen LogP) is 4.29. The van der Waals surface area contributed by atoms with Gasteiger partial charge in [0.1, 0.15) is 11.6 Å². The zero-order valence-electron chi connectivity index (χ0n) is 16.8. The van der Waals surface area contributed by atoms with E-state index in [4.69, 9.17) is 4.74 Å². The first-order chi connectivity index (χ1) is 13.9. The van der Waals surface area contributed by atoms with Gasteiger partial charge >= 0.3 is 5.97 Å². The third kappa shape index (κ3) is 4.66. The van der Waals surface area contributed by atoms with E-state index < -0.39 is 5.97 Å². The van der Waals surface area contributed by atoms with E-state index in [-0.39, 0.29) is 5.82 Å². The monoisotopic (exact) mass is 396 g/mol. The Morgan fingerprint density at radius 1 is 1.00 bits per heavy atom. The van der Waals surface area contributed by atoms with Gasteiger partial charge in [0.2, 0.25) is 0 Å². The summed E-state index contributed by atoms with van der Waals surface area (Å²) in [4.78, 5) is 11.9. The van der Waals surface area contributed by atoms with E-state index in [9.17, 15) is 14.3 Å². The molecule has 2 aromatic carbocycles. The number of benzene rings is 2. The van der Waals surface area contributed by atoms with E-state index >= 15 is 0 Å². The second-order valence-corrected chi connectivity index (χ2v) is 6.99. The van der Waals surface area contributed by atoms with Crippen molar-refractivity contribution in [3.8, 4) is 5.75 Å². The molecule has 0 aliphatic heterocycles. The van der Waals surface area contributed by atoms with Crippen molar-refractivity contribution in [3.63, 3.8) is 0 Å². The highest BCUT2D eigenvalue weighted by molar-refractivity contribution is 5.91. The van der Waals surface area contributed by atoms with Crippen LogP contribution >= 0.6 is 0 Å². The molecule has 1 heterocycles. The normalized spacial score (nSPS) is 10.9. The molecule has 0 amide bonds. The van der Waals surface area contributed by atoms with Crippen LogP contribution in [-0.4, -0.2) is 22.8 Å². The summed E-state index contributed by atoms with van der Waals surface area (Å²) < 4.78 is 20.3. The zero-order chi connectivity index (χ0) is 21.0. The lowest BCUT2D eigenvalue weighted by molar-refractivity contribution is 0.0694. The van der Waals surface area contributed by atoms with Crippen LogP contribution in [0, 0.1) is 19.7 Å². The number of rotatable bonds is 8. The maximum atomic E-state index is 13.2. The summed E-state index contributed by atoms with van der Waals surface area (Å²) in [7, 11) is 1.63. The molecule has 0 fully saturated rings. The molecule has 0 aliphatic carbocycles. The summed E-state index contributed by atoms with van der Waals surface area (Å²) in [5, 5.41) is 13.1. The molecule has 29 heavy (non-hydrogen) atoms. The summed E-state index contributed by atoms with van der Waals surface area (Å²) in [5.41, 5.74) is 4.69. The van der Waals surface area contributed by atoms with Gasteiger partial charge < -0.3 is 19.7 Å². The van der Waals surface area contributed by atoms with E-state index in [0.717, 1.165) is 28.1 Å². The third-order valence-electron chi connectivity index (χ3n) is 5.17. The van der Waals surface area contributed by atoms with Gasteiger partial charge in [-0.3, -0.25) is 0 Å². The number of aromatic nitrogens is 1. The number of halogens is 1. The number of hydrogen-bond donors (Lipinski definition) is 2.